The number of hydrogen-bond donors (Lipinski definition) is 1. The topological polar surface area (TPSA) is 119 Å². The molecule has 0 saturated carbocycles. The quantitative estimate of drug-likeness (QED) is 0.641. The van der Waals surface area contributed by atoms with Crippen LogP contribution in [0, 0.1) is 11.3 Å². The Kier molecular flexibility index (Phi) is 4.95. The number of nitrogens with one attached hydrogen (secondary N) is 1. The standard InChI is InChI=1S/C17H14N2O6S/c18-11-12(9-13-3-1-6-23-13)17(20)19-26(21,22)14-4-5-15-16(10-14)25-8-2-7-24-15/h1,3-6,9-10H,2,7-8H2,(H,19,20)/b12-9-. The van der Waals surface area contributed by atoms with Gasteiger partial charge in [0.1, 0.15) is 17.4 Å². The molecule has 1 aromatic heterocycles. The first-order valence-electron chi connectivity index (χ1n) is 7.62. The highest BCUT2D eigenvalue weighted by atomic mass is 32.2. The largest absolute Gasteiger partial charge is 0.490 e. The molecule has 0 atom stereocenters. The number of nitriles is 1. The second-order valence-corrected chi connectivity index (χ2v) is 6.96. The zero-order valence-electron chi connectivity index (χ0n) is 13.5. The van der Waals surface area contributed by atoms with E-state index in [1.54, 1.807) is 12.1 Å². The molecule has 2 heterocycles. The predicted molar refractivity (Wildman–Crippen MR) is 89.7 cm³/mol. The van der Waals surface area contributed by atoms with Gasteiger partial charge in [-0.15, -0.1) is 0 Å². The zero-order valence-corrected chi connectivity index (χ0v) is 14.3. The van der Waals surface area contributed by atoms with Crippen LogP contribution in [0.15, 0.2) is 51.5 Å². The van der Waals surface area contributed by atoms with E-state index in [-0.39, 0.29) is 16.4 Å². The van der Waals surface area contributed by atoms with Crippen molar-refractivity contribution in [2.75, 3.05) is 13.2 Å². The van der Waals surface area contributed by atoms with Crippen molar-refractivity contribution in [1.29, 1.82) is 5.26 Å². The van der Waals surface area contributed by atoms with Crippen molar-refractivity contribution in [1.82, 2.24) is 4.72 Å². The molecule has 0 saturated heterocycles. The van der Waals surface area contributed by atoms with Crippen LogP contribution in [0.2, 0.25) is 0 Å². The molecule has 1 aliphatic heterocycles. The van der Waals surface area contributed by atoms with E-state index in [9.17, 15) is 13.2 Å². The minimum Gasteiger partial charge on any atom is -0.490 e. The van der Waals surface area contributed by atoms with Gasteiger partial charge in [-0.25, -0.2) is 13.1 Å². The van der Waals surface area contributed by atoms with Crippen molar-refractivity contribution in [3.8, 4) is 17.6 Å². The highest BCUT2D eigenvalue weighted by molar-refractivity contribution is 7.90. The molecule has 0 fully saturated rings. The van der Waals surface area contributed by atoms with Crippen LogP contribution in [0.5, 0.6) is 11.5 Å². The van der Waals surface area contributed by atoms with Gasteiger partial charge >= 0.3 is 0 Å². The lowest BCUT2D eigenvalue weighted by Crippen LogP contribution is -2.31. The average molecular weight is 374 g/mol. The molecule has 0 radical (unpaired) electrons. The van der Waals surface area contributed by atoms with Gasteiger partial charge in [-0.1, -0.05) is 0 Å². The van der Waals surface area contributed by atoms with Gasteiger partial charge in [0.25, 0.3) is 15.9 Å². The predicted octanol–water partition coefficient (Wildman–Crippen LogP) is 1.85. The number of amides is 1. The van der Waals surface area contributed by atoms with Gasteiger partial charge in [-0.3, -0.25) is 4.79 Å². The number of hydrogen-bond acceptors (Lipinski definition) is 7. The van der Waals surface area contributed by atoms with Gasteiger partial charge in [-0.05, 0) is 24.3 Å². The molecule has 0 bridgehead atoms. The van der Waals surface area contributed by atoms with Crippen LogP contribution in [0.25, 0.3) is 6.08 Å². The van der Waals surface area contributed by atoms with E-state index in [0.29, 0.717) is 25.4 Å². The first-order chi connectivity index (χ1) is 12.5. The van der Waals surface area contributed by atoms with Crippen molar-refractivity contribution < 1.29 is 27.1 Å². The Morgan fingerprint density at radius 2 is 1.96 bits per heavy atom. The molecule has 26 heavy (non-hydrogen) atoms. The first-order valence-corrected chi connectivity index (χ1v) is 9.10. The average Bonchev–Trinajstić information content (AvgIpc) is 3.01. The van der Waals surface area contributed by atoms with Gasteiger partial charge < -0.3 is 13.9 Å². The number of benzene rings is 1. The third kappa shape index (κ3) is 3.87. The Bertz CT molecular complexity index is 987. The molecule has 0 aliphatic carbocycles. The van der Waals surface area contributed by atoms with Crippen LogP contribution in [0.4, 0.5) is 0 Å². The molecule has 1 amide bonds. The smallest absolute Gasteiger partial charge is 0.275 e. The maximum absolute atomic E-state index is 12.4. The lowest BCUT2D eigenvalue weighted by Gasteiger charge is -2.10. The summed E-state index contributed by atoms with van der Waals surface area (Å²) in [4.78, 5) is 12.0. The van der Waals surface area contributed by atoms with Gasteiger partial charge in [0, 0.05) is 18.6 Å². The van der Waals surface area contributed by atoms with Crippen LogP contribution in [0.3, 0.4) is 0 Å². The van der Waals surface area contributed by atoms with E-state index in [0.717, 1.165) is 6.08 Å². The third-order valence-electron chi connectivity index (χ3n) is 3.45. The Balaban J connectivity index is 1.83. The van der Waals surface area contributed by atoms with Crippen LogP contribution in [-0.2, 0) is 14.8 Å². The zero-order chi connectivity index (χ0) is 18.6. The minimum absolute atomic E-state index is 0.176. The van der Waals surface area contributed by atoms with Crippen LogP contribution in [0.1, 0.15) is 12.2 Å². The van der Waals surface area contributed by atoms with Crippen molar-refractivity contribution >= 4 is 22.0 Å². The Morgan fingerprint density at radius 1 is 1.19 bits per heavy atom. The number of carbonyl (C=O) groups excluding carboxylic acids is 1. The number of nitrogens with zero attached hydrogens (tertiary/aromatic N) is 1. The van der Waals surface area contributed by atoms with Crippen molar-refractivity contribution in [2.24, 2.45) is 0 Å². The van der Waals surface area contributed by atoms with Crippen LogP contribution < -0.4 is 14.2 Å². The fraction of sp³-hybridized carbons (Fsp3) is 0.176. The third-order valence-corrected chi connectivity index (χ3v) is 4.78. The summed E-state index contributed by atoms with van der Waals surface area (Å²) >= 11 is 0. The molecule has 9 heteroatoms. The van der Waals surface area contributed by atoms with Crippen molar-refractivity contribution in [2.45, 2.75) is 11.3 Å². The molecule has 1 aliphatic rings. The molecule has 0 unspecified atom stereocenters. The summed E-state index contributed by atoms with van der Waals surface area (Å²) in [7, 11) is -4.20. The Morgan fingerprint density at radius 3 is 2.65 bits per heavy atom. The van der Waals surface area contributed by atoms with E-state index >= 15 is 0 Å². The molecule has 1 aromatic carbocycles. The second kappa shape index (κ2) is 7.33. The molecular weight excluding hydrogens is 360 g/mol. The van der Waals surface area contributed by atoms with Crippen molar-refractivity contribution in [3.05, 3.63) is 47.9 Å². The Hall–Kier alpha value is -3.25. The van der Waals surface area contributed by atoms with E-state index < -0.39 is 21.5 Å². The lowest BCUT2D eigenvalue weighted by molar-refractivity contribution is -0.115. The van der Waals surface area contributed by atoms with Crippen LogP contribution in [-0.4, -0.2) is 27.5 Å². The molecular formula is C17H14N2O6S. The summed E-state index contributed by atoms with van der Waals surface area (Å²) in [5, 5.41) is 9.10. The van der Waals surface area contributed by atoms with E-state index in [1.165, 1.54) is 30.5 Å². The monoisotopic (exact) mass is 374 g/mol. The molecule has 1 N–H and O–H groups in total. The normalized spacial score (nSPS) is 14.2. The highest BCUT2D eigenvalue weighted by Gasteiger charge is 2.23. The molecule has 134 valence electrons. The Labute approximate surface area is 149 Å². The number of ether oxygens (including phenoxy) is 2. The molecule has 8 nitrogen and oxygen atoms in total. The summed E-state index contributed by atoms with van der Waals surface area (Å²) < 4.78 is 42.7. The van der Waals surface area contributed by atoms with Gasteiger partial charge in [0.2, 0.25) is 0 Å². The summed E-state index contributed by atoms with van der Waals surface area (Å²) in [6.07, 6.45) is 3.20. The van der Waals surface area contributed by atoms with E-state index in [4.69, 9.17) is 19.2 Å². The maximum Gasteiger partial charge on any atom is 0.275 e. The minimum atomic E-state index is -4.20. The summed E-state index contributed by atoms with van der Waals surface area (Å²) in [6.45, 7) is 0.867. The number of rotatable bonds is 4. The highest BCUT2D eigenvalue weighted by Crippen LogP contribution is 2.31. The SMILES string of the molecule is N#C/C(=C/c1ccco1)C(=O)NS(=O)(=O)c1ccc2c(c1)OCCCO2. The van der Waals surface area contributed by atoms with E-state index in [2.05, 4.69) is 0 Å². The summed E-state index contributed by atoms with van der Waals surface area (Å²) in [6, 6.07) is 8.79. The number of sulfonamides is 1. The maximum atomic E-state index is 12.4. The summed E-state index contributed by atoms with van der Waals surface area (Å²) in [5.41, 5.74) is -0.405. The lowest BCUT2D eigenvalue weighted by atomic mass is 10.2. The van der Waals surface area contributed by atoms with Gasteiger partial charge in [-0.2, -0.15) is 5.26 Å². The summed E-state index contributed by atoms with van der Waals surface area (Å²) in [5.74, 6) is -0.0895. The molecule has 2 aromatic rings. The fourth-order valence-corrected chi connectivity index (χ4v) is 3.19. The van der Waals surface area contributed by atoms with Gasteiger partial charge in [0.05, 0.1) is 24.4 Å². The molecule has 0 spiro atoms. The van der Waals surface area contributed by atoms with Crippen molar-refractivity contribution in [3.63, 3.8) is 0 Å². The molecule has 3 rings (SSSR count). The number of carbonyl (C=O) groups is 1. The number of furan rings is 1. The second-order valence-electron chi connectivity index (χ2n) is 5.28. The van der Waals surface area contributed by atoms with Crippen LogP contribution >= 0.6 is 0 Å². The first kappa shape index (κ1) is 17.6. The fourth-order valence-electron chi connectivity index (χ4n) is 2.21. The number of fused-ring (bicyclic) bond motifs is 1. The van der Waals surface area contributed by atoms with Gasteiger partial charge in [0.15, 0.2) is 11.5 Å². The van der Waals surface area contributed by atoms with E-state index in [1.807, 2.05) is 4.72 Å².